The smallest absolute Gasteiger partial charge is 0.305 e. The molecule has 0 aromatic carbocycles. The van der Waals surface area contributed by atoms with Crippen molar-refractivity contribution >= 4 is 23.1 Å². The minimum Gasteiger partial charge on any atom is -0.463 e. The molecule has 37 heavy (non-hydrogen) atoms. The molecule has 1 aliphatic heterocycles. The summed E-state index contributed by atoms with van der Waals surface area (Å²) >= 11 is 0. The van der Waals surface area contributed by atoms with E-state index in [1.165, 1.54) is 75.1 Å². The van der Waals surface area contributed by atoms with Gasteiger partial charge in [0.05, 0.1) is 6.33 Å². The molecule has 0 bridgehead atoms. The van der Waals surface area contributed by atoms with Crippen molar-refractivity contribution in [3.63, 3.8) is 0 Å². The van der Waals surface area contributed by atoms with Crippen LogP contribution in [0.2, 0.25) is 0 Å². The maximum absolute atomic E-state index is 12.2. The molecule has 2 aromatic heterocycles. The third-order valence-corrected chi connectivity index (χ3v) is 6.96. The Labute approximate surface area is 217 Å². The molecule has 0 amide bonds. The minimum absolute atomic E-state index is 0.0344. The number of carbonyl (C=O) groups excluding carboxylic acids is 1. The van der Waals surface area contributed by atoms with Gasteiger partial charge in [-0.2, -0.15) is 4.98 Å². The zero-order chi connectivity index (χ0) is 26.6. The van der Waals surface area contributed by atoms with Gasteiger partial charge in [-0.15, -0.1) is 0 Å². The van der Waals surface area contributed by atoms with E-state index in [0.29, 0.717) is 6.42 Å². The van der Waals surface area contributed by atoms with E-state index < -0.39 is 30.1 Å². The van der Waals surface area contributed by atoms with Crippen molar-refractivity contribution in [3.05, 3.63) is 16.7 Å². The zero-order valence-corrected chi connectivity index (χ0v) is 21.9. The molecule has 208 valence electrons. The molecule has 0 spiro atoms. The van der Waals surface area contributed by atoms with Crippen LogP contribution in [0.5, 0.6) is 0 Å². The predicted molar refractivity (Wildman–Crippen MR) is 140 cm³/mol. The molecule has 3 rings (SSSR count). The molecular formula is C26H43N5O6. The minimum atomic E-state index is -1.33. The first-order chi connectivity index (χ1) is 17.9. The lowest BCUT2D eigenvalue weighted by Crippen LogP contribution is -2.34. The van der Waals surface area contributed by atoms with Gasteiger partial charge in [0.15, 0.2) is 17.4 Å². The molecule has 0 saturated carbocycles. The highest BCUT2D eigenvalue weighted by Gasteiger charge is 2.45. The van der Waals surface area contributed by atoms with Gasteiger partial charge >= 0.3 is 5.97 Å². The van der Waals surface area contributed by atoms with Gasteiger partial charge in [-0.25, -0.2) is 4.98 Å². The van der Waals surface area contributed by atoms with Crippen molar-refractivity contribution < 1.29 is 24.5 Å². The Morgan fingerprint density at radius 1 is 1.03 bits per heavy atom. The lowest BCUT2D eigenvalue weighted by molar-refractivity contribution is -0.150. The fourth-order valence-corrected chi connectivity index (χ4v) is 4.76. The van der Waals surface area contributed by atoms with Crippen molar-refractivity contribution in [1.82, 2.24) is 19.5 Å². The molecule has 4 atom stereocenters. The number of ether oxygens (including phenoxy) is 2. The van der Waals surface area contributed by atoms with E-state index in [1.807, 2.05) is 0 Å². The summed E-state index contributed by atoms with van der Waals surface area (Å²) in [4.78, 5) is 34.5. The number of aromatic nitrogens is 4. The van der Waals surface area contributed by atoms with E-state index in [4.69, 9.17) is 15.2 Å². The molecule has 0 aliphatic carbocycles. The number of fused-ring (bicyclic) bond motifs is 1. The van der Waals surface area contributed by atoms with Crippen LogP contribution in [-0.2, 0) is 14.3 Å². The number of nitrogens with zero attached hydrogens (tertiary/aromatic N) is 3. The molecule has 11 heteroatoms. The Hall–Kier alpha value is -2.50. The second kappa shape index (κ2) is 15.0. The summed E-state index contributed by atoms with van der Waals surface area (Å²) in [6, 6.07) is 0. The number of unbranched alkanes of at least 4 members (excludes halogenated alkanes) is 12. The van der Waals surface area contributed by atoms with Gasteiger partial charge in [0.25, 0.3) is 5.56 Å². The van der Waals surface area contributed by atoms with E-state index in [-0.39, 0.29) is 29.7 Å². The van der Waals surface area contributed by atoms with Crippen LogP contribution in [0.1, 0.15) is 103 Å². The number of carbonyl (C=O) groups is 1. The number of imidazole rings is 1. The molecule has 11 nitrogen and oxygen atoms in total. The zero-order valence-electron chi connectivity index (χ0n) is 21.9. The fourth-order valence-electron chi connectivity index (χ4n) is 4.76. The molecule has 2 aromatic rings. The summed E-state index contributed by atoms with van der Waals surface area (Å²) in [5, 5.41) is 20.9. The maximum atomic E-state index is 12.2. The first kappa shape index (κ1) is 29.1. The van der Waals surface area contributed by atoms with E-state index in [2.05, 4.69) is 21.9 Å². The number of nitrogen functional groups attached to an aromatic ring is 1. The van der Waals surface area contributed by atoms with Crippen molar-refractivity contribution in [1.29, 1.82) is 0 Å². The van der Waals surface area contributed by atoms with Gasteiger partial charge in [0.1, 0.15) is 24.9 Å². The van der Waals surface area contributed by atoms with E-state index in [1.54, 1.807) is 0 Å². The molecule has 1 aliphatic rings. The van der Waals surface area contributed by atoms with Crippen LogP contribution in [0.15, 0.2) is 11.1 Å². The number of aliphatic hydroxyl groups excluding tert-OH is 2. The molecular weight excluding hydrogens is 478 g/mol. The Balaban J connectivity index is 1.29. The highest BCUT2D eigenvalue weighted by molar-refractivity contribution is 5.70. The highest BCUT2D eigenvalue weighted by Crippen LogP contribution is 2.31. The van der Waals surface area contributed by atoms with Crippen LogP contribution in [0.25, 0.3) is 11.2 Å². The Bertz CT molecular complexity index is 1020. The van der Waals surface area contributed by atoms with Crippen molar-refractivity contribution in [2.75, 3.05) is 12.3 Å². The number of hydrogen-bond donors (Lipinski definition) is 4. The largest absolute Gasteiger partial charge is 0.463 e. The summed E-state index contributed by atoms with van der Waals surface area (Å²) in [5.74, 6) is -0.461. The number of anilines is 1. The second-order valence-electron chi connectivity index (χ2n) is 10.00. The molecule has 0 radical (unpaired) electrons. The number of nitrogens with one attached hydrogen (secondary N) is 1. The number of nitrogens with two attached hydrogens (primary N) is 1. The van der Waals surface area contributed by atoms with Crippen LogP contribution < -0.4 is 11.3 Å². The van der Waals surface area contributed by atoms with Gasteiger partial charge in [-0.3, -0.25) is 19.1 Å². The SMILES string of the molecule is CCCCCCCCCCCCCCCC(=O)OC[C@H]1O[C@@H](n2cnc3c(=O)[nH]c(N)nc32)[C@H](O)[C@@H]1O. The quantitative estimate of drug-likeness (QED) is 0.180. The Kier molecular flexibility index (Phi) is 11.8. The van der Waals surface area contributed by atoms with E-state index in [0.717, 1.165) is 19.3 Å². The van der Waals surface area contributed by atoms with Crippen molar-refractivity contribution in [2.24, 2.45) is 0 Å². The van der Waals surface area contributed by atoms with Crippen LogP contribution in [0.3, 0.4) is 0 Å². The summed E-state index contributed by atoms with van der Waals surface area (Å²) in [6.07, 6.45) is 13.0. The molecule has 5 N–H and O–H groups in total. The van der Waals surface area contributed by atoms with Gasteiger partial charge in [0, 0.05) is 6.42 Å². The third kappa shape index (κ3) is 8.51. The van der Waals surface area contributed by atoms with Crippen LogP contribution in [-0.4, -0.2) is 60.6 Å². The topological polar surface area (TPSA) is 166 Å². The van der Waals surface area contributed by atoms with E-state index in [9.17, 15) is 19.8 Å². The summed E-state index contributed by atoms with van der Waals surface area (Å²) < 4.78 is 12.4. The van der Waals surface area contributed by atoms with Gasteiger partial charge in [-0.05, 0) is 6.42 Å². The normalized spacial score (nSPS) is 21.6. The predicted octanol–water partition coefficient (Wildman–Crippen LogP) is 3.35. The number of rotatable bonds is 17. The van der Waals surface area contributed by atoms with Crippen molar-refractivity contribution in [3.8, 4) is 0 Å². The van der Waals surface area contributed by atoms with Crippen molar-refractivity contribution in [2.45, 2.75) is 121 Å². The first-order valence-corrected chi connectivity index (χ1v) is 13.8. The van der Waals surface area contributed by atoms with Gasteiger partial charge in [-0.1, -0.05) is 84.0 Å². The van der Waals surface area contributed by atoms with Gasteiger partial charge < -0.3 is 25.4 Å². The second-order valence-corrected chi connectivity index (χ2v) is 10.00. The number of H-pyrrole nitrogens is 1. The molecule has 1 fully saturated rings. The molecule has 3 heterocycles. The number of aromatic amines is 1. The third-order valence-electron chi connectivity index (χ3n) is 6.96. The average Bonchev–Trinajstić information content (AvgIpc) is 3.41. The monoisotopic (exact) mass is 521 g/mol. The Morgan fingerprint density at radius 2 is 1.62 bits per heavy atom. The van der Waals surface area contributed by atoms with Gasteiger partial charge in [0.2, 0.25) is 5.95 Å². The number of esters is 1. The van der Waals surface area contributed by atoms with Crippen LogP contribution in [0.4, 0.5) is 5.95 Å². The molecule has 0 unspecified atom stereocenters. The van der Waals surface area contributed by atoms with Crippen LogP contribution in [0, 0.1) is 0 Å². The Morgan fingerprint density at radius 3 is 2.24 bits per heavy atom. The lowest BCUT2D eigenvalue weighted by Gasteiger charge is -2.16. The standard InChI is InChI=1S/C26H43N5O6/c1-2-3-4-5-6-7-8-9-10-11-12-13-14-15-19(32)36-16-18-21(33)22(34)25(37-18)31-17-28-20-23(31)29-26(27)30-24(20)35/h17-18,21-22,25,33-34H,2-16H2,1H3,(H3,27,29,30,35)/t18-,21-,22-,25-/m1/s1. The molecule has 1 saturated heterocycles. The number of aliphatic hydroxyl groups is 2. The fraction of sp³-hybridized carbons (Fsp3) is 0.769. The summed E-state index contributed by atoms with van der Waals surface area (Å²) in [5.41, 5.74) is 5.25. The average molecular weight is 522 g/mol. The summed E-state index contributed by atoms with van der Waals surface area (Å²) in [7, 11) is 0. The van der Waals surface area contributed by atoms with Crippen LogP contribution >= 0.6 is 0 Å². The number of hydrogen-bond acceptors (Lipinski definition) is 9. The van der Waals surface area contributed by atoms with E-state index >= 15 is 0 Å². The summed E-state index contributed by atoms with van der Waals surface area (Å²) in [6.45, 7) is 2.06. The first-order valence-electron chi connectivity index (χ1n) is 13.8. The lowest BCUT2D eigenvalue weighted by atomic mass is 10.0. The maximum Gasteiger partial charge on any atom is 0.305 e. The highest BCUT2D eigenvalue weighted by atomic mass is 16.6.